The second-order valence-corrected chi connectivity index (χ2v) is 5.27. The number of hydrogen-bond donors (Lipinski definition) is 0. The first-order chi connectivity index (χ1) is 10.6. The van der Waals surface area contributed by atoms with Crippen molar-refractivity contribution in [3.63, 3.8) is 0 Å². The lowest BCUT2D eigenvalue weighted by molar-refractivity contribution is 0.0729. The molecule has 4 heteroatoms. The second-order valence-electron chi connectivity index (χ2n) is 5.27. The van der Waals surface area contributed by atoms with Crippen LogP contribution in [-0.2, 0) is 0 Å². The summed E-state index contributed by atoms with van der Waals surface area (Å²) in [5.74, 6) is 1.68. The molecule has 0 aromatic heterocycles. The van der Waals surface area contributed by atoms with Gasteiger partial charge in [-0.05, 0) is 42.3 Å². The number of carbonyl (C=O) groups excluding carboxylic acids is 1. The molecule has 0 bridgehead atoms. The van der Waals surface area contributed by atoms with Gasteiger partial charge in [-0.1, -0.05) is 26.0 Å². The third-order valence-corrected chi connectivity index (χ3v) is 2.95. The summed E-state index contributed by atoms with van der Waals surface area (Å²) in [5, 5.41) is 0. The lowest BCUT2D eigenvalue weighted by Crippen LogP contribution is -2.09. The van der Waals surface area contributed by atoms with Gasteiger partial charge >= 0.3 is 5.97 Å². The van der Waals surface area contributed by atoms with Crippen molar-refractivity contribution in [1.82, 2.24) is 0 Å². The molecule has 0 atom stereocenters. The Hall–Kier alpha value is -2.49. The summed E-state index contributed by atoms with van der Waals surface area (Å²) in [6, 6.07) is 13.9. The smallest absolute Gasteiger partial charge is 0.343 e. The van der Waals surface area contributed by atoms with Crippen molar-refractivity contribution in [3.05, 3.63) is 54.1 Å². The second kappa shape index (κ2) is 7.50. The maximum Gasteiger partial charge on any atom is 0.343 e. The fraction of sp³-hybridized carbons (Fsp3) is 0.278. The average molecular weight is 300 g/mol. The molecule has 116 valence electrons. The molecular formula is C18H20O4. The Bertz CT molecular complexity index is 617. The summed E-state index contributed by atoms with van der Waals surface area (Å²) in [7, 11) is 1.54. The molecule has 0 fully saturated rings. The molecule has 0 unspecified atom stereocenters. The molecule has 22 heavy (non-hydrogen) atoms. The van der Waals surface area contributed by atoms with Crippen molar-refractivity contribution in [2.75, 3.05) is 13.7 Å². The van der Waals surface area contributed by atoms with Gasteiger partial charge in [0.15, 0.2) is 11.5 Å². The summed E-state index contributed by atoms with van der Waals surface area (Å²) in [4.78, 5) is 12.1. The average Bonchev–Trinajstić information content (AvgIpc) is 2.54. The van der Waals surface area contributed by atoms with Crippen LogP contribution in [-0.4, -0.2) is 19.7 Å². The number of hydrogen-bond acceptors (Lipinski definition) is 4. The molecule has 0 aliphatic carbocycles. The van der Waals surface area contributed by atoms with E-state index in [0.717, 1.165) is 5.75 Å². The summed E-state index contributed by atoms with van der Waals surface area (Å²) >= 11 is 0. The first-order valence-corrected chi connectivity index (χ1v) is 7.18. The molecule has 2 aromatic rings. The number of ether oxygens (including phenoxy) is 3. The van der Waals surface area contributed by atoms with Gasteiger partial charge in [0.2, 0.25) is 0 Å². The molecule has 2 aromatic carbocycles. The van der Waals surface area contributed by atoms with Crippen LogP contribution in [0.3, 0.4) is 0 Å². The number of benzene rings is 2. The first kappa shape index (κ1) is 15.9. The van der Waals surface area contributed by atoms with Gasteiger partial charge in [0.25, 0.3) is 0 Å². The Kier molecular flexibility index (Phi) is 5.42. The zero-order valence-corrected chi connectivity index (χ0v) is 13.0. The topological polar surface area (TPSA) is 44.8 Å². The maximum absolute atomic E-state index is 12.1. The lowest BCUT2D eigenvalue weighted by atomic mass is 10.2. The predicted octanol–water partition coefficient (Wildman–Crippen LogP) is 3.95. The summed E-state index contributed by atoms with van der Waals surface area (Å²) in [6.45, 7) is 4.81. The SMILES string of the molecule is COc1ccccc1OC(=O)c1ccc(OCC(C)C)cc1. The maximum atomic E-state index is 12.1. The molecule has 0 spiro atoms. The molecule has 0 saturated carbocycles. The molecular weight excluding hydrogens is 280 g/mol. The Balaban J connectivity index is 2.03. The van der Waals surface area contributed by atoms with Crippen molar-refractivity contribution >= 4 is 5.97 Å². The van der Waals surface area contributed by atoms with Crippen molar-refractivity contribution in [2.45, 2.75) is 13.8 Å². The minimum absolute atomic E-state index is 0.398. The molecule has 0 aliphatic rings. The number of methoxy groups -OCH3 is 1. The number of esters is 1. The molecule has 0 heterocycles. The van der Waals surface area contributed by atoms with E-state index in [-0.39, 0.29) is 0 Å². The van der Waals surface area contributed by atoms with E-state index in [0.29, 0.717) is 29.6 Å². The van der Waals surface area contributed by atoms with E-state index in [9.17, 15) is 4.79 Å². The molecule has 0 amide bonds. The highest BCUT2D eigenvalue weighted by Gasteiger charge is 2.12. The standard InChI is InChI=1S/C18H20O4/c1-13(2)12-21-15-10-8-14(9-11-15)18(19)22-17-7-5-4-6-16(17)20-3/h4-11,13H,12H2,1-3H3. The van der Waals surface area contributed by atoms with Crippen LogP contribution in [0.5, 0.6) is 17.2 Å². The number of carbonyl (C=O) groups is 1. The Labute approximate surface area is 130 Å². The van der Waals surface area contributed by atoms with Crippen LogP contribution in [0, 0.1) is 5.92 Å². The van der Waals surface area contributed by atoms with E-state index in [1.54, 1.807) is 42.5 Å². The molecule has 4 nitrogen and oxygen atoms in total. The highest BCUT2D eigenvalue weighted by molar-refractivity contribution is 5.91. The van der Waals surface area contributed by atoms with Crippen LogP contribution in [0.4, 0.5) is 0 Å². The summed E-state index contributed by atoms with van der Waals surface area (Å²) in [6.07, 6.45) is 0. The normalized spacial score (nSPS) is 10.4. The Morgan fingerprint density at radius 3 is 2.23 bits per heavy atom. The van der Waals surface area contributed by atoms with Crippen molar-refractivity contribution < 1.29 is 19.0 Å². The Morgan fingerprint density at radius 1 is 1.00 bits per heavy atom. The van der Waals surface area contributed by atoms with E-state index in [1.807, 2.05) is 6.07 Å². The fourth-order valence-electron chi connectivity index (χ4n) is 1.81. The van der Waals surface area contributed by atoms with E-state index in [4.69, 9.17) is 14.2 Å². The van der Waals surface area contributed by atoms with Gasteiger partial charge in [0.05, 0.1) is 19.3 Å². The zero-order valence-electron chi connectivity index (χ0n) is 13.0. The third kappa shape index (κ3) is 4.25. The van der Waals surface area contributed by atoms with Gasteiger partial charge in [-0.15, -0.1) is 0 Å². The van der Waals surface area contributed by atoms with E-state index in [2.05, 4.69) is 13.8 Å². The van der Waals surface area contributed by atoms with Gasteiger partial charge in [0, 0.05) is 0 Å². The van der Waals surface area contributed by atoms with Gasteiger partial charge in [-0.25, -0.2) is 4.79 Å². The number of para-hydroxylation sites is 2. The lowest BCUT2D eigenvalue weighted by Gasteiger charge is -2.10. The van der Waals surface area contributed by atoms with Crippen molar-refractivity contribution in [3.8, 4) is 17.2 Å². The third-order valence-electron chi connectivity index (χ3n) is 2.95. The molecule has 0 radical (unpaired) electrons. The molecule has 0 N–H and O–H groups in total. The van der Waals surface area contributed by atoms with Crippen LogP contribution in [0.15, 0.2) is 48.5 Å². The van der Waals surface area contributed by atoms with Gasteiger partial charge in [0.1, 0.15) is 5.75 Å². The van der Waals surface area contributed by atoms with Gasteiger partial charge in [-0.3, -0.25) is 0 Å². The largest absolute Gasteiger partial charge is 0.493 e. The quantitative estimate of drug-likeness (QED) is 0.598. The minimum Gasteiger partial charge on any atom is -0.493 e. The molecule has 2 rings (SSSR count). The predicted molar refractivity (Wildman–Crippen MR) is 84.7 cm³/mol. The minimum atomic E-state index is -0.431. The fourth-order valence-corrected chi connectivity index (χ4v) is 1.81. The van der Waals surface area contributed by atoms with Crippen LogP contribution < -0.4 is 14.2 Å². The van der Waals surface area contributed by atoms with Gasteiger partial charge < -0.3 is 14.2 Å². The first-order valence-electron chi connectivity index (χ1n) is 7.18. The van der Waals surface area contributed by atoms with Gasteiger partial charge in [-0.2, -0.15) is 0 Å². The Morgan fingerprint density at radius 2 is 1.64 bits per heavy atom. The van der Waals surface area contributed by atoms with E-state index >= 15 is 0 Å². The van der Waals surface area contributed by atoms with E-state index < -0.39 is 5.97 Å². The van der Waals surface area contributed by atoms with Crippen molar-refractivity contribution in [1.29, 1.82) is 0 Å². The summed E-state index contributed by atoms with van der Waals surface area (Å²) < 4.78 is 16.1. The monoisotopic (exact) mass is 300 g/mol. The summed E-state index contributed by atoms with van der Waals surface area (Å²) in [5.41, 5.74) is 0.461. The highest BCUT2D eigenvalue weighted by atomic mass is 16.6. The van der Waals surface area contributed by atoms with Crippen LogP contribution in [0.2, 0.25) is 0 Å². The van der Waals surface area contributed by atoms with Crippen molar-refractivity contribution in [2.24, 2.45) is 5.92 Å². The van der Waals surface area contributed by atoms with E-state index in [1.165, 1.54) is 7.11 Å². The van der Waals surface area contributed by atoms with Crippen LogP contribution in [0.25, 0.3) is 0 Å². The van der Waals surface area contributed by atoms with Crippen LogP contribution in [0.1, 0.15) is 24.2 Å². The van der Waals surface area contributed by atoms with Crippen LogP contribution >= 0.6 is 0 Å². The molecule has 0 aliphatic heterocycles. The number of rotatable bonds is 6. The molecule has 0 saturated heterocycles. The highest BCUT2D eigenvalue weighted by Crippen LogP contribution is 2.26. The zero-order chi connectivity index (χ0) is 15.9.